The van der Waals surface area contributed by atoms with Crippen LogP contribution in [0.4, 0.5) is 0 Å². The van der Waals surface area contributed by atoms with Crippen molar-refractivity contribution in [3.8, 4) is 5.75 Å². The predicted molar refractivity (Wildman–Crippen MR) is 312 cm³/mol. The number of unbranched alkanes of at least 4 members (excludes halogenated alkanes) is 5. The van der Waals surface area contributed by atoms with E-state index in [0.717, 1.165) is 55.2 Å². The Morgan fingerprint density at radius 1 is 0.678 bits per heavy atom. The average molecular weight is 1240 g/mol. The van der Waals surface area contributed by atoms with Crippen LogP contribution in [0.5, 0.6) is 5.75 Å². The molecule has 1 aromatic carbocycles. The number of nitrogens with two attached hydrogens (primary N) is 1. The molecule has 8 amide bonds. The molecule has 3 fully saturated rings. The van der Waals surface area contributed by atoms with E-state index in [1.54, 1.807) is 7.11 Å². The van der Waals surface area contributed by atoms with Crippen molar-refractivity contribution >= 4 is 47.3 Å². The van der Waals surface area contributed by atoms with Gasteiger partial charge < -0.3 is 102 Å². The predicted octanol–water partition coefficient (Wildman–Crippen LogP) is -2.11. The van der Waals surface area contributed by atoms with Gasteiger partial charge in [-0.2, -0.15) is 0 Å². The molecule has 0 radical (unpaired) electrons. The lowest BCUT2D eigenvalue weighted by molar-refractivity contribution is -0.150. The number of methoxy groups -OCH3 is 1. The smallest absolute Gasteiger partial charge is 0.248 e. The van der Waals surface area contributed by atoms with E-state index in [0.29, 0.717) is 50.1 Å². The molecule has 0 saturated carbocycles. The molecule has 3 saturated heterocycles. The maximum absolute atomic E-state index is 14.7. The molecule has 14 N–H and O–H groups in total. The summed E-state index contributed by atoms with van der Waals surface area (Å²) >= 11 is 0. The lowest BCUT2D eigenvalue weighted by atomic mass is 9.91. The minimum absolute atomic E-state index is 0.0633. The summed E-state index contributed by atoms with van der Waals surface area (Å²) in [5.41, 5.74) is 5.76. The zero-order chi connectivity index (χ0) is 64.2. The van der Waals surface area contributed by atoms with E-state index in [4.69, 9.17) is 29.4 Å². The van der Waals surface area contributed by atoms with E-state index in [1.165, 1.54) is 30.7 Å². The van der Waals surface area contributed by atoms with Crippen LogP contribution in [0, 0.1) is 11.8 Å². The second kappa shape index (κ2) is 38.7. The van der Waals surface area contributed by atoms with Crippen LogP contribution in [0.3, 0.4) is 0 Å². The monoisotopic (exact) mass is 1240 g/mol. The standard InChI is InChI=1S/C59H98N8O20/c1-6-35(2)29-36(3)13-11-9-7-8-10-12-14-48(76)61-41-32-46(74)57(87-28-27-86-26-25-85-24-23-84-22-21-83-5)65-56(80)52-43(71)19-20-66(52)59(82)51(45(73)33-47(60)75)64-55(79)50(44(72)30-38-15-17-39(69)18-16-38)63-54(78)42-31-40(70)34-67(42)58(81)49(37(4)68)62-53(41)77/h15-18,35-37,40-46,49-52,57,68-74H,6-14,19-34H2,1-5H3,(H2,60,75)(H,61,76)(H,62,77)(H,63,78)(H,64,79)(H,65,80)/t35?,36?,37-,40-,41+,42?,43+,44-,45-,46-,49?,50?,51?,52?,57-/m1/s1. The normalized spacial score (nSPS) is 26.3. The summed E-state index contributed by atoms with van der Waals surface area (Å²) in [5, 5.41) is 90.9. The van der Waals surface area contributed by atoms with E-state index in [2.05, 4.69) is 47.4 Å². The molecule has 0 aliphatic carbocycles. The molecule has 494 valence electrons. The van der Waals surface area contributed by atoms with Gasteiger partial charge in [-0.15, -0.1) is 0 Å². The summed E-state index contributed by atoms with van der Waals surface area (Å²) in [6, 6.07) is -6.04. The number of phenols is 1. The fourth-order valence-corrected chi connectivity index (χ4v) is 10.8. The van der Waals surface area contributed by atoms with Crippen LogP contribution < -0.4 is 32.3 Å². The number of benzene rings is 1. The molecule has 0 spiro atoms. The Labute approximate surface area is 509 Å². The summed E-state index contributed by atoms with van der Waals surface area (Å²) in [6.45, 7) is 7.99. The van der Waals surface area contributed by atoms with E-state index in [9.17, 15) is 74.1 Å². The van der Waals surface area contributed by atoms with Crippen LogP contribution in [0.2, 0.25) is 0 Å². The summed E-state index contributed by atoms with van der Waals surface area (Å²) in [4.78, 5) is 115. The van der Waals surface area contributed by atoms with Crippen molar-refractivity contribution in [2.75, 3.05) is 73.1 Å². The van der Waals surface area contributed by atoms with Crippen molar-refractivity contribution in [3.05, 3.63) is 29.8 Å². The van der Waals surface area contributed by atoms with E-state index < -0.39 is 165 Å². The number of hydrogen-bond donors (Lipinski definition) is 13. The SMILES string of the molecule is CCC(C)CC(C)CCCCCCCCC(=O)N[C@H]1C[C@@H](O)[C@@H](OCCOCCOCCOCCOC)NC(=O)C2[C@@H](O)CCN2C(=O)C([C@H](O)CC(N)=O)NC(=O)C([C@H](O)Cc2ccc(O)cc2)NC(=O)C2C[C@@H](O)CN2C(=O)C([C@@H](C)O)NC1=O. The van der Waals surface area contributed by atoms with Gasteiger partial charge in [0.1, 0.15) is 48.1 Å². The van der Waals surface area contributed by atoms with Crippen molar-refractivity contribution in [3.63, 3.8) is 0 Å². The number of carbonyl (C=O) groups is 8. The first-order valence-corrected chi connectivity index (χ1v) is 30.6. The molecular formula is C59H98N8O20. The summed E-state index contributed by atoms with van der Waals surface area (Å²) in [5.74, 6) is -7.78. The van der Waals surface area contributed by atoms with Crippen LogP contribution in [-0.4, -0.2) is 245 Å². The number of phenolic OH excluding ortho intramolecular Hbond substituents is 1. The highest BCUT2D eigenvalue weighted by Crippen LogP contribution is 2.25. The number of aromatic hydroxyl groups is 1. The highest BCUT2D eigenvalue weighted by atomic mass is 16.6. The lowest BCUT2D eigenvalue weighted by Gasteiger charge is -2.34. The number of primary amides is 1. The molecule has 28 nitrogen and oxygen atoms in total. The molecule has 4 rings (SSSR count). The van der Waals surface area contributed by atoms with Crippen molar-refractivity contribution in [1.29, 1.82) is 0 Å². The highest BCUT2D eigenvalue weighted by molar-refractivity contribution is 5.98. The van der Waals surface area contributed by atoms with Crippen LogP contribution in [0.15, 0.2) is 24.3 Å². The number of aliphatic hydroxyl groups excluding tert-OH is 6. The number of aliphatic hydroxyl groups is 6. The minimum atomic E-state index is -2.18. The molecule has 87 heavy (non-hydrogen) atoms. The average Bonchev–Trinajstić information content (AvgIpc) is 3.60. The van der Waals surface area contributed by atoms with Crippen molar-refractivity contribution < 1.29 is 97.8 Å². The Kier molecular flexibility index (Phi) is 32.8. The van der Waals surface area contributed by atoms with Crippen molar-refractivity contribution in [1.82, 2.24) is 36.4 Å². The van der Waals surface area contributed by atoms with Gasteiger partial charge in [-0.05, 0) is 55.7 Å². The number of nitrogens with zero attached hydrogens (tertiary/aromatic N) is 2. The first-order chi connectivity index (χ1) is 41.4. The van der Waals surface area contributed by atoms with Gasteiger partial charge in [0.25, 0.3) is 0 Å². The number of carbonyl (C=O) groups excluding carboxylic acids is 8. The van der Waals surface area contributed by atoms with Gasteiger partial charge in [0.2, 0.25) is 47.3 Å². The molecule has 0 aromatic heterocycles. The zero-order valence-electron chi connectivity index (χ0n) is 51.1. The van der Waals surface area contributed by atoms with Gasteiger partial charge in [-0.25, -0.2) is 0 Å². The number of rotatable bonds is 33. The van der Waals surface area contributed by atoms with Crippen LogP contribution in [0.25, 0.3) is 0 Å². The van der Waals surface area contributed by atoms with Crippen LogP contribution in [-0.2, 0) is 68.5 Å². The largest absolute Gasteiger partial charge is 0.508 e. The van der Waals surface area contributed by atoms with Gasteiger partial charge in [0.15, 0.2) is 6.23 Å². The maximum atomic E-state index is 14.7. The molecule has 15 atom stereocenters. The second-order valence-electron chi connectivity index (χ2n) is 23.2. The van der Waals surface area contributed by atoms with Crippen LogP contribution in [0.1, 0.15) is 123 Å². The summed E-state index contributed by atoms with van der Waals surface area (Å²) < 4.78 is 27.5. The molecule has 3 aliphatic rings. The van der Waals surface area contributed by atoms with Gasteiger partial charge in [-0.1, -0.05) is 77.8 Å². The Bertz CT molecular complexity index is 2300. The van der Waals surface area contributed by atoms with Gasteiger partial charge in [0.05, 0.1) is 89.8 Å². The third-order valence-electron chi connectivity index (χ3n) is 15.8. The molecule has 3 heterocycles. The highest BCUT2D eigenvalue weighted by Gasteiger charge is 2.49. The second-order valence-corrected chi connectivity index (χ2v) is 23.2. The van der Waals surface area contributed by atoms with E-state index >= 15 is 0 Å². The number of fused-ring (bicyclic) bond motifs is 2. The van der Waals surface area contributed by atoms with Crippen molar-refractivity contribution in [2.45, 2.75) is 203 Å². The molecule has 28 heteroatoms. The van der Waals surface area contributed by atoms with Gasteiger partial charge >= 0.3 is 0 Å². The molecule has 7 unspecified atom stereocenters. The number of amides is 8. The Morgan fingerprint density at radius 2 is 1.26 bits per heavy atom. The Balaban J connectivity index is 1.73. The maximum Gasteiger partial charge on any atom is 0.248 e. The molecule has 3 aliphatic heterocycles. The van der Waals surface area contributed by atoms with E-state index in [-0.39, 0.29) is 51.6 Å². The van der Waals surface area contributed by atoms with Gasteiger partial charge in [-0.3, -0.25) is 38.4 Å². The zero-order valence-corrected chi connectivity index (χ0v) is 51.1. The van der Waals surface area contributed by atoms with Crippen molar-refractivity contribution in [2.24, 2.45) is 17.6 Å². The third kappa shape index (κ3) is 25.0. The third-order valence-corrected chi connectivity index (χ3v) is 15.8. The quantitative estimate of drug-likeness (QED) is 0.0335. The number of hydrogen-bond acceptors (Lipinski definition) is 20. The number of nitrogens with one attached hydrogen (secondary N) is 5. The number of ether oxygens (including phenoxy) is 5. The summed E-state index contributed by atoms with van der Waals surface area (Å²) in [7, 11) is 1.55. The molecule has 1 aromatic rings. The van der Waals surface area contributed by atoms with E-state index in [1.807, 2.05) is 0 Å². The summed E-state index contributed by atoms with van der Waals surface area (Å²) in [6.07, 6.45) is -6.98. The topological polar surface area (TPSA) is 417 Å². The first kappa shape index (κ1) is 73.8. The Morgan fingerprint density at radius 3 is 1.89 bits per heavy atom. The molecular weight excluding hydrogens is 1140 g/mol. The lowest BCUT2D eigenvalue weighted by Crippen LogP contribution is -2.64. The molecule has 0 bridgehead atoms. The van der Waals surface area contributed by atoms with Gasteiger partial charge in [0, 0.05) is 45.9 Å². The fourth-order valence-electron chi connectivity index (χ4n) is 10.8. The van der Waals surface area contributed by atoms with Crippen LogP contribution >= 0.6 is 0 Å². The minimum Gasteiger partial charge on any atom is -0.508 e. The fraction of sp³-hybridized carbons (Fsp3) is 0.763. The Hall–Kier alpha value is -5.66. The first-order valence-electron chi connectivity index (χ1n) is 30.6.